The van der Waals surface area contributed by atoms with Crippen molar-refractivity contribution >= 4 is 29.9 Å². The third-order valence-electron chi connectivity index (χ3n) is 6.00. The van der Waals surface area contributed by atoms with Gasteiger partial charge in [-0.05, 0) is 58.8 Å². The molecule has 2 fully saturated rings. The van der Waals surface area contributed by atoms with Gasteiger partial charge in [0.1, 0.15) is 0 Å². The van der Waals surface area contributed by atoms with Gasteiger partial charge in [-0.3, -0.25) is 9.89 Å². The molecule has 0 radical (unpaired) electrons. The maximum absolute atomic E-state index is 5.82. The Kier molecular flexibility index (Phi) is 13.7. The first-order valence-corrected chi connectivity index (χ1v) is 11.5. The first-order chi connectivity index (χ1) is 13.6. The molecule has 0 aromatic heterocycles. The van der Waals surface area contributed by atoms with Gasteiger partial charge < -0.3 is 20.1 Å². The van der Waals surface area contributed by atoms with Gasteiger partial charge >= 0.3 is 0 Å². The van der Waals surface area contributed by atoms with E-state index in [1.54, 1.807) is 0 Å². The van der Waals surface area contributed by atoms with Crippen LogP contribution in [0.5, 0.6) is 0 Å². The van der Waals surface area contributed by atoms with Crippen molar-refractivity contribution in [2.45, 2.75) is 78.4 Å². The van der Waals surface area contributed by atoms with E-state index in [4.69, 9.17) is 14.5 Å². The molecule has 0 aromatic rings. The summed E-state index contributed by atoms with van der Waals surface area (Å²) in [7, 11) is 0. The van der Waals surface area contributed by atoms with E-state index in [1.807, 2.05) is 0 Å². The fourth-order valence-corrected chi connectivity index (χ4v) is 4.61. The lowest BCUT2D eigenvalue weighted by atomic mass is 9.83. The van der Waals surface area contributed by atoms with Crippen LogP contribution in [0.3, 0.4) is 0 Å². The zero-order chi connectivity index (χ0) is 20.2. The third-order valence-corrected chi connectivity index (χ3v) is 6.00. The molecule has 0 bridgehead atoms. The minimum atomic E-state index is 0. The van der Waals surface area contributed by atoms with Crippen molar-refractivity contribution in [2.24, 2.45) is 10.4 Å². The molecule has 2 N–H and O–H groups in total. The molecule has 2 rings (SSSR count). The Morgan fingerprint density at radius 1 is 1.14 bits per heavy atom. The molecule has 2 unspecified atom stereocenters. The molecule has 29 heavy (non-hydrogen) atoms. The Hall–Kier alpha value is -0.120. The Morgan fingerprint density at radius 3 is 2.45 bits per heavy atom. The van der Waals surface area contributed by atoms with E-state index in [-0.39, 0.29) is 24.0 Å². The van der Waals surface area contributed by atoms with E-state index in [9.17, 15) is 0 Å². The first kappa shape index (κ1) is 26.9. The lowest BCUT2D eigenvalue weighted by Crippen LogP contribution is -2.46. The molecule has 7 heteroatoms. The number of rotatable bonds is 11. The van der Waals surface area contributed by atoms with Crippen LogP contribution in [0.1, 0.15) is 66.2 Å². The highest BCUT2D eigenvalue weighted by atomic mass is 127. The number of nitrogens with one attached hydrogen (secondary N) is 2. The molecule has 2 atom stereocenters. The van der Waals surface area contributed by atoms with Gasteiger partial charge in [-0.25, -0.2) is 0 Å². The van der Waals surface area contributed by atoms with Crippen molar-refractivity contribution in [1.29, 1.82) is 0 Å². The second-order valence-electron chi connectivity index (χ2n) is 8.65. The summed E-state index contributed by atoms with van der Waals surface area (Å²) in [6.45, 7) is 16.2. The molecule has 1 saturated heterocycles. The summed E-state index contributed by atoms with van der Waals surface area (Å²) in [5.74, 6) is 0.967. The highest BCUT2D eigenvalue weighted by Gasteiger charge is 2.33. The number of morpholine rings is 1. The van der Waals surface area contributed by atoms with Crippen LogP contribution in [-0.2, 0) is 9.47 Å². The van der Waals surface area contributed by atoms with E-state index in [2.05, 4.69) is 43.2 Å². The Labute approximate surface area is 196 Å². The van der Waals surface area contributed by atoms with Crippen LogP contribution in [0.15, 0.2) is 4.99 Å². The molecule has 1 saturated carbocycles. The van der Waals surface area contributed by atoms with Crippen LogP contribution in [-0.4, -0.2) is 75.5 Å². The normalized spacial score (nSPS) is 24.9. The van der Waals surface area contributed by atoms with Gasteiger partial charge in [0.25, 0.3) is 0 Å². The SMILES string of the molecule is CCNC(=NCC1(CCOCC)CCCC1)NCCCN1CC(C)OC(C)C1.I. The van der Waals surface area contributed by atoms with Gasteiger partial charge in [0.05, 0.1) is 12.2 Å². The van der Waals surface area contributed by atoms with Crippen molar-refractivity contribution in [3.63, 3.8) is 0 Å². The fourth-order valence-electron chi connectivity index (χ4n) is 4.61. The molecule has 0 amide bonds. The number of hydrogen-bond donors (Lipinski definition) is 2. The van der Waals surface area contributed by atoms with Gasteiger partial charge in [-0.1, -0.05) is 12.8 Å². The van der Waals surface area contributed by atoms with Crippen LogP contribution in [0.2, 0.25) is 0 Å². The molecule has 172 valence electrons. The quantitative estimate of drug-likeness (QED) is 0.187. The molecule has 1 heterocycles. The third kappa shape index (κ3) is 10.2. The number of ether oxygens (including phenoxy) is 2. The van der Waals surface area contributed by atoms with Crippen LogP contribution >= 0.6 is 24.0 Å². The van der Waals surface area contributed by atoms with Gasteiger partial charge in [-0.15, -0.1) is 24.0 Å². The standard InChI is InChI=1S/C22H44N4O2.HI/c1-5-23-21(24-13-9-14-26-16-19(3)28-20(4)17-26)25-18-22(10-7-8-11-22)12-15-27-6-2;/h19-20H,5-18H2,1-4H3,(H2,23,24,25);1H. The predicted octanol–water partition coefficient (Wildman–Crippen LogP) is 3.65. The first-order valence-electron chi connectivity index (χ1n) is 11.5. The molecule has 6 nitrogen and oxygen atoms in total. The van der Waals surface area contributed by atoms with E-state index < -0.39 is 0 Å². The van der Waals surface area contributed by atoms with Crippen LogP contribution < -0.4 is 10.6 Å². The molecule has 0 aromatic carbocycles. The number of aliphatic imine (C=N–C) groups is 1. The zero-order valence-corrected chi connectivity index (χ0v) is 21.5. The Morgan fingerprint density at radius 2 is 1.83 bits per heavy atom. The van der Waals surface area contributed by atoms with Gasteiger partial charge in [-0.2, -0.15) is 0 Å². The summed E-state index contributed by atoms with van der Waals surface area (Å²) < 4.78 is 11.5. The smallest absolute Gasteiger partial charge is 0.191 e. The van der Waals surface area contributed by atoms with E-state index in [0.29, 0.717) is 17.6 Å². The number of hydrogen-bond acceptors (Lipinski definition) is 4. The lowest BCUT2D eigenvalue weighted by molar-refractivity contribution is -0.0679. The van der Waals surface area contributed by atoms with Crippen LogP contribution in [0, 0.1) is 5.41 Å². The molecule has 2 aliphatic rings. The van der Waals surface area contributed by atoms with E-state index in [1.165, 1.54) is 25.7 Å². The monoisotopic (exact) mass is 524 g/mol. The van der Waals surface area contributed by atoms with Crippen molar-refractivity contribution in [3.8, 4) is 0 Å². The number of halogens is 1. The summed E-state index contributed by atoms with van der Waals surface area (Å²) >= 11 is 0. The average molecular weight is 525 g/mol. The van der Waals surface area contributed by atoms with E-state index >= 15 is 0 Å². The molecule has 1 aliphatic heterocycles. The summed E-state index contributed by atoms with van der Waals surface area (Å²) in [4.78, 5) is 7.48. The second-order valence-corrected chi connectivity index (χ2v) is 8.65. The highest BCUT2D eigenvalue weighted by molar-refractivity contribution is 14.0. The Bertz CT molecular complexity index is 448. The fraction of sp³-hybridized carbons (Fsp3) is 0.955. The summed E-state index contributed by atoms with van der Waals surface area (Å²) in [6.07, 6.45) is 8.19. The molecule has 0 spiro atoms. The van der Waals surface area contributed by atoms with Gasteiger partial charge in [0.15, 0.2) is 5.96 Å². The van der Waals surface area contributed by atoms with Gasteiger partial charge in [0.2, 0.25) is 0 Å². The number of guanidine groups is 1. The van der Waals surface area contributed by atoms with E-state index in [0.717, 1.165) is 71.3 Å². The summed E-state index contributed by atoms with van der Waals surface area (Å²) in [5.41, 5.74) is 0.345. The average Bonchev–Trinajstić information content (AvgIpc) is 3.12. The predicted molar refractivity (Wildman–Crippen MR) is 132 cm³/mol. The highest BCUT2D eigenvalue weighted by Crippen LogP contribution is 2.41. The molecule has 1 aliphatic carbocycles. The minimum Gasteiger partial charge on any atom is -0.382 e. The van der Waals surface area contributed by atoms with Crippen LogP contribution in [0.4, 0.5) is 0 Å². The lowest BCUT2D eigenvalue weighted by Gasteiger charge is -2.35. The zero-order valence-electron chi connectivity index (χ0n) is 19.2. The van der Waals surface area contributed by atoms with Gasteiger partial charge in [0, 0.05) is 52.5 Å². The summed E-state index contributed by atoms with van der Waals surface area (Å²) in [6, 6.07) is 0. The minimum absolute atomic E-state index is 0. The molecular weight excluding hydrogens is 479 g/mol. The Balaban J connectivity index is 0.00000420. The topological polar surface area (TPSA) is 58.1 Å². The van der Waals surface area contributed by atoms with Crippen molar-refractivity contribution in [1.82, 2.24) is 15.5 Å². The summed E-state index contributed by atoms with van der Waals surface area (Å²) in [5, 5.41) is 6.96. The van der Waals surface area contributed by atoms with Crippen molar-refractivity contribution in [2.75, 3.05) is 52.5 Å². The second kappa shape index (κ2) is 14.8. The van der Waals surface area contributed by atoms with Crippen LogP contribution in [0.25, 0.3) is 0 Å². The number of nitrogens with zero attached hydrogens (tertiary/aromatic N) is 2. The maximum atomic E-state index is 5.82. The molecular formula is C22H45IN4O2. The maximum Gasteiger partial charge on any atom is 0.191 e. The van der Waals surface area contributed by atoms with Crippen molar-refractivity contribution in [3.05, 3.63) is 0 Å². The van der Waals surface area contributed by atoms with Crippen molar-refractivity contribution < 1.29 is 9.47 Å². The largest absolute Gasteiger partial charge is 0.382 e.